The summed E-state index contributed by atoms with van der Waals surface area (Å²) in [5, 5.41) is 9.92. The number of amides is 1. The second-order valence-electron chi connectivity index (χ2n) is 4.27. The van der Waals surface area contributed by atoms with Gasteiger partial charge in [0, 0.05) is 24.9 Å². The zero-order chi connectivity index (χ0) is 14.7. The quantitative estimate of drug-likeness (QED) is 0.703. The molecule has 0 aromatic heterocycles. The van der Waals surface area contributed by atoms with Crippen molar-refractivity contribution >= 4 is 17.7 Å². The van der Waals surface area contributed by atoms with E-state index in [-0.39, 0.29) is 29.1 Å². The van der Waals surface area contributed by atoms with E-state index in [0.29, 0.717) is 0 Å². The molecule has 0 saturated carbocycles. The van der Waals surface area contributed by atoms with E-state index in [0.717, 1.165) is 6.08 Å². The highest BCUT2D eigenvalue weighted by atomic mass is 16.4. The molecule has 1 saturated heterocycles. The highest BCUT2D eigenvalue weighted by molar-refractivity contribution is 6.04. The van der Waals surface area contributed by atoms with Gasteiger partial charge in [0.25, 0.3) is 5.91 Å². The first kappa shape index (κ1) is 14.9. The summed E-state index contributed by atoms with van der Waals surface area (Å²) in [4.78, 5) is 35.6. The lowest BCUT2D eigenvalue weighted by Crippen LogP contribution is -2.58. The van der Waals surface area contributed by atoms with Gasteiger partial charge in [-0.05, 0) is 20.8 Å². The predicted octanol–water partition coefficient (Wildman–Crippen LogP) is 0.0723. The zero-order valence-corrected chi connectivity index (χ0v) is 11.3. The molecule has 0 aliphatic carbocycles. The van der Waals surface area contributed by atoms with E-state index in [4.69, 9.17) is 5.11 Å². The van der Waals surface area contributed by atoms with Crippen LogP contribution >= 0.6 is 0 Å². The molecule has 19 heavy (non-hydrogen) atoms. The van der Waals surface area contributed by atoms with Crippen LogP contribution in [0.2, 0.25) is 0 Å². The molecular weight excluding hydrogens is 250 g/mol. The minimum Gasteiger partial charge on any atom is -0.478 e. The van der Waals surface area contributed by atoms with Gasteiger partial charge in [-0.15, -0.1) is 0 Å². The van der Waals surface area contributed by atoms with Crippen LogP contribution in [0.25, 0.3) is 0 Å². The number of carbonyl (C=O) groups is 3. The highest BCUT2D eigenvalue weighted by Gasteiger charge is 2.32. The van der Waals surface area contributed by atoms with Gasteiger partial charge in [0.15, 0.2) is 5.78 Å². The fourth-order valence-electron chi connectivity index (χ4n) is 1.56. The standard InChI is InChI=1S/C12H17N3O4/c1-7(8(2)16)11-12(19)14(4)9(3)13-15(11)6-5-10(17)18/h5-6,9,13H,1-4H3,(H,17,18)/b6-5+,11-7-. The largest absolute Gasteiger partial charge is 0.478 e. The first-order valence-electron chi connectivity index (χ1n) is 5.71. The van der Waals surface area contributed by atoms with E-state index in [2.05, 4.69) is 5.43 Å². The van der Waals surface area contributed by atoms with Gasteiger partial charge in [-0.25, -0.2) is 10.2 Å². The molecule has 0 aromatic carbocycles. The third kappa shape index (κ3) is 3.19. The van der Waals surface area contributed by atoms with E-state index >= 15 is 0 Å². The Morgan fingerprint density at radius 3 is 2.42 bits per heavy atom. The monoisotopic (exact) mass is 267 g/mol. The maximum atomic E-state index is 12.2. The second-order valence-corrected chi connectivity index (χ2v) is 4.27. The number of ketones is 1. The SMILES string of the molecule is CC(=O)/C(C)=C1/C(=O)N(C)C(C)NN1/C=C/C(=O)O. The van der Waals surface area contributed by atoms with Gasteiger partial charge < -0.3 is 10.0 Å². The average Bonchev–Trinajstić information content (AvgIpc) is 2.32. The lowest BCUT2D eigenvalue weighted by Gasteiger charge is -2.39. The molecule has 0 radical (unpaired) electrons. The first-order chi connectivity index (χ1) is 8.75. The van der Waals surface area contributed by atoms with E-state index in [9.17, 15) is 14.4 Å². The van der Waals surface area contributed by atoms with Gasteiger partial charge in [0.1, 0.15) is 5.70 Å². The van der Waals surface area contributed by atoms with Crippen molar-refractivity contribution in [2.45, 2.75) is 26.9 Å². The average molecular weight is 267 g/mol. The molecule has 7 heteroatoms. The Hall–Kier alpha value is -2.15. The Labute approximate surface area is 111 Å². The number of likely N-dealkylation sites (N-methyl/N-ethyl adjacent to an activating group) is 1. The van der Waals surface area contributed by atoms with Crippen LogP contribution in [0.15, 0.2) is 23.5 Å². The molecule has 1 aliphatic rings. The van der Waals surface area contributed by atoms with Gasteiger partial charge in [0.05, 0.1) is 6.17 Å². The number of carboxylic acids is 1. The van der Waals surface area contributed by atoms with Crippen molar-refractivity contribution in [2.24, 2.45) is 0 Å². The number of aliphatic carboxylic acids is 1. The van der Waals surface area contributed by atoms with Gasteiger partial charge >= 0.3 is 5.97 Å². The molecular formula is C12H17N3O4. The van der Waals surface area contributed by atoms with Crippen LogP contribution < -0.4 is 5.43 Å². The number of hydrogen-bond acceptors (Lipinski definition) is 5. The lowest BCUT2D eigenvalue weighted by molar-refractivity contribution is -0.136. The number of hydrogen-bond donors (Lipinski definition) is 2. The van der Waals surface area contributed by atoms with E-state index in [1.165, 1.54) is 30.0 Å². The van der Waals surface area contributed by atoms with Gasteiger partial charge in [0.2, 0.25) is 0 Å². The van der Waals surface area contributed by atoms with Crippen molar-refractivity contribution in [3.05, 3.63) is 23.5 Å². The normalized spacial score (nSPS) is 22.9. The molecule has 0 spiro atoms. The summed E-state index contributed by atoms with van der Waals surface area (Å²) in [6, 6.07) is 0. The Balaban J connectivity index is 3.24. The summed E-state index contributed by atoms with van der Waals surface area (Å²) < 4.78 is 0. The topological polar surface area (TPSA) is 90.0 Å². The van der Waals surface area contributed by atoms with Crippen LogP contribution in [-0.4, -0.2) is 45.9 Å². The lowest BCUT2D eigenvalue weighted by atomic mass is 10.1. The Bertz CT molecular complexity index is 481. The Kier molecular flexibility index (Phi) is 4.44. The molecule has 1 rings (SSSR count). The van der Waals surface area contributed by atoms with E-state index in [1.807, 2.05) is 0 Å². The van der Waals surface area contributed by atoms with Crippen molar-refractivity contribution in [2.75, 3.05) is 7.05 Å². The van der Waals surface area contributed by atoms with Crippen LogP contribution in [0.1, 0.15) is 20.8 Å². The maximum Gasteiger partial charge on any atom is 0.329 e. The molecule has 0 aromatic rings. The summed E-state index contributed by atoms with van der Waals surface area (Å²) in [6.07, 6.45) is 1.80. The number of Topliss-reactive ketones (excluding diaryl/α,β-unsaturated/α-hetero) is 1. The first-order valence-corrected chi connectivity index (χ1v) is 5.71. The number of rotatable bonds is 3. The molecule has 0 bridgehead atoms. The zero-order valence-electron chi connectivity index (χ0n) is 11.3. The number of carboxylic acid groups (broad SMARTS) is 1. The van der Waals surface area contributed by atoms with Crippen molar-refractivity contribution in [1.29, 1.82) is 0 Å². The van der Waals surface area contributed by atoms with Gasteiger partial charge in [-0.2, -0.15) is 0 Å². The summed E-state index contributed by atoms with van der Waals surface area (Å²) in [5.74, 6) is -1.73. The second kappa shape index (κ2) is 5.66. The smallest absolute Gasteiger partial charge is 0.329 e. The molecule has 1 fully saturated rings. The van der Waals surface area contributed by atoms with E-state index in [1.54, 1.807) is 14.0 Å². The predicted molar refractivity (Wildman–Crippen MR) is 67.4 cm³/mol. The highest BCUT2D eigenvalue weighted by Crippen LogP contribution is 2.19. The number of nitrogens with one attached hydrogen (secondary N) is 1. The minimum absolute atomic E-state index is 0.130. The van der Waals surface area contributed by atoms with Crippen LogP contribution in [0.3, 0.4) is 0 Å². The summed E-state index contributed by atoms with van der Waals surface area (Å²) in [5.41, 5.74) is 3.32. The molecule has 1 heterocycles. The number of nitrogens with zero attached hydrogens (tertiary/aromatic N) is 2. The molecule has 1 atom stereocenters. The van der Waals surface area contributed by atoms with Crippen LogP contribution in [0.4, 0.5) is 0 Å². The summed E-state index contributed by atoms with van der Waals surface area (Å²) in [6.45, 7) is 4.63. The number of carbonyl (C=O) groups excluding carboxylic acids is 2. The Morgan fingerprint density at radius 1 is 1.37 bits per heavy atom. The van der Waals surface area contributed by atoms with E-state index < -0.39 is 5.97 Å². The molecule has 1 unspecified atom stereocenters. The third-order valence-corrected chi connectivity index (χ3v) is 2.92. The van der Waals surface area contributed by atoms with Crippen molar-refractivity contribution in [3.63, 3.8) is 0 Å². The Morgan fingerprint density at radius 2 is 1.95 bits per heavy atom. The minimum atomic E-state index is -1.14. The third-order valence-electron chi connectivity index (χ3n) is 2.92. The number of allylic oxidation sites excluding steroid dienone is 1. The van der Waals surface area contributed by atoms with Crippen LogP contribution in [0.5, 0.6) is 0 Å². The summed E-state index contributed by atoms with van der Waals surface area (Å²) >= 11 is 0. The van der Waals surface area contributed by atoms with Crippen molar-refractivity contribution < 1.29 is 19.5 Å². The van der Waals surface area contributed by atoms with Crippen molar-refractivity contribution in [1.82, 2.24) is 15.3 Å². The van der Waals surface area contributed by atoms with Gasteiger partial charge in [-0.3, -0.25) is 14.6 Å². The molecule has 2 N–H and O–H groups in total. The van der Waals surface area contributed by atoms with Crippen LogP contribution in [-0.2, 0) is 14.4 Å². The summed E-state index contributed by atoms with van der Waals surface area (Å²) in [7, 11) is 1.60. The fourth-order valence-corrected chi connectivity index (χ4v) is 1.56. The number of hydrazine groups is 1. The van der Waals surface area contributed by atoms with Gasteiger partial charge in [-0.1, -0.05) is 0 Å². The molecule has 1 amide bonds. The molecule has 7 nitrogen and oxygen atoms in total. The maximum absolute atomic E-state index is 12.2. The van der Waals surface area contributed by atoms with Crippen LogP contribution in [0, 0.1) is 0 Å². The van der Waals surface area contributed by atoms with Crippen molar-refractivity contribution in [3.8, 4) is 0 Å². The molecule has 1 aliphatic heterocycles. The fraction of sp³-hybridized carbons (Fsp3) is 0.417. The molecule has 104 valence electrons.